The van der Waals surface area contributed by atoms with Gasteiger partial charge >= 0.3 is 5.97 Å². The quantitative estimate of drug-likeness (QED) is 0.795. The smallest absolute Gasteiger partial charge is 0.337 e. The Morgan fingerprint density at radius 2 is 1.69 bits per heavy atom. The SMILES string of the molecule is COc1ccc(C(C)(C)C(=O)Nc2ccc(C(=O)O)c(Cl)c2)cc1OC. The van der Waals surface area contributed by atoms with Gasteiger partial charge in [0, 0.05) is 5.69 Å². The number of hydrogen-bond donors (Lipinski definition) is 2. The van der Waals surface area contributed by atoms with Crippen molar-refractivity contribution in [2.24, 2.45) is 0 Å². The summed E-state index contributed by atoms with van der Waals surface area (Å²) in [5.74, 6) is -0.300. The van der Waals surface area contributed by atoms with Gasteiger partial charge in [-0.25, -0.2) is 4.79 Å². The van der Waals surface area contributed by atoms with Gasteiger partial charge in [0.1, 0.15) is 0 Å². The molecule has 0 saturated carbocycles. The fraction of sp³-hybridized carbons (Fsp3) is 0.263. The van der Waals surface area contributed by atoms with Gasteiger partial charge in [-0.1, -0.05) is 17.7 Å². The molecule has 1 amide bonds. The van der Waals surface area contributed by atoms with E-state index >= 15 is 0 Å². The number of ether oxygens (including phenoxy) is 2. The lowest BCUT2D eigenvalue weighted by molar-refractivity contribution is -0.120. The van der Waals surface area contributed by atoms with Crippen molar-refractivity contribution in [3.63, 3.8) is 0 Å². The summed E-state index contributed by atoms with van der Waals surface area (Å²) in [7, 11) is 3.07. The molecule has 0 heterocycles. The van der Waals surface area contributed by atoms with Crippen LogP contribution in [0.15, 0.2) is 36.4 Å². The number of halogens is 1. The molecular formula is C19H20ClNO5. The molecule has 6 nitrogen and oxygen atoms in total. The molecule has 0 saturated heterocycles. The van der Waals surface area contributed by atoms with Crippen LogP contribution in [0.25, 0.3) is 0 Å². The van der Waals surface area contributed by atoms with Crippen molar-refractivity contribution in [2.45, 2.75) is 19.3 Å². The zero-order chi connectivity index (χ0) is 19.5. The highest BCUT2D eigenvalue weighted by atomic mass is 35.5. The number of methoxy groups -OCH3 is 2. The first-order valence-electron chi connectivity index (χ1n) is 7.77. The summed E-state index contributed by atoms with van der Waals surface area (Å²) in [5, 5.41) is 11.8. The Morgan fingerprint density at radius 1 is 1.04 bits per heavy atom. The van der Waals surface area contributed by atoms with Crippen molar-refractivity contribution < 1.29 is 24.2 Å². The first-order chi connectivity index (χ1) is 12.2. The predicted octanol–water partition coefficient (Wildman–Crippen LogP) is 3.97. The lowest BCUT2D eigenvalue weighted by atomic mass is 9.83. The minimum atomic E-state index is -1.13. The topological polar surface area (TPSA) is 84.9 Å². The molecule has 138 valence electrons. The Kier molecular flexibility index (Phi) is 5.77. The van der Waals surface area contributed by atoms with Crippen LogP contribution in [0.4, 0.5) is 5.69 Å². The van der Waals surface area contributed by atoms with Crippen LogP contribution in [0.1, 0.15) is 29.8 Å². The number of benzene rings is 2. The van der Waals surface area contributed by atoms with Gasteiger partial charge in [-0.15, -0.1) is 0 Å². The van der Waals surface area contributed by atoms with Crippen LogP contribution in [0, 0.1) is 0 Å². The summed E-state index contributed by atoms with van der Waals surface area (Å²) in [6, 6.07) is 9.54. The van der Waals surface area contributed by atoms with E-state index in [0.717, 1.165) is 5.56 Å². The maximum Gasteiger partial charge on any atom is 0.337 e. The second-order valence-electron chi connectivity index (χ2n) is 6.15. The maximum atomic E-state index is 12.8. The van der Waals surface area contributed by atoms with E-state index in [1.54, 1.807) is 39.2 Å². The lowest BCUT2D eigenvalue weighted by Crippen LogP contribution is -2.34. The molecule has 0 unspecified atom stereocenters. The zero-order valence-corrected chi connectivity index (χ0v) is 15.7. The Hall–Kier alpha value is -2.73. The van der Waals surface area contributed by atoms with Crippen molar-refractivity contribution in [2.75, 3.05) is 19.5 Å². The number of carbonyl (C=O) groups is 2. The minimum absolute atomic E-state index is 0.0242. The molecule has 2 aromatic carbocycles. The fourth-order valence-electron chi connectivity index (χ4n) is 2.41. The molecule has 0 aliphatic carbocycles. The average molecular weight is 378 g/mol. The first-order valence-corrected chi connectivity index (χ1v) is 8.15. The molecule has 0 bridgehead atoms. The van der Waals surface area contributed by atoms with E-state index in [1.165, 1.54) is 25.3 Å². The van der Waals surface area contributed by atoms with E-state index in [4.69, 9.17) is 26.2 Å². The van der Waals surface area contributed by atoms with Crippen LogP contribution in [0.5, 0.6) is 11.5 Å². The summed E-state index contributed by atoms with van der Waals surface area (Å²) in [5.41, 5.74) is 0.251. The highest BCUT2D eigenvalue weighted by Gasteiger charge is 2.31. The molecular weight excluding hydrogens is 358 g/mol. The van der Waals surface area contributed by atoms with Crippen LogP contribution in [-0.4, -0.2) is 31.2 Å². The molecule has 7 heteroatoms. The minimum Gasteiger partial charge on any atom is -0.493 e. The van der Waals surface area contributed by atoms with Gasteiger partial charge in [0.05, 0.1) is 30.2 Å². The third kappa shape index (κ3) is 3.91. The molecule has 0 fully saturated rings. The third-order valence-electron chi connectivity index (χ3n) is 4.13. The summed E-state index contributed by atoms with van der Waals surface area (Å²) in [6.45, 7) is 3.55. The third-order valence-corrected chi connectivity index (χ3v) is 4.44. The van der Waals surface area contributed by atoms with Gasteiger partial charge in [0.25, 0.3) is 0 Å². The van der Waals surface area contributed by atoms with Gasteiger partial charge < -0.3 is 19.9 Å². The van der Waals surface area contributed by atoms with Crippen LogP contribution >= 0.6 is 11.6 Å². The number of nitrogens with one attached hydrogen (secondary N) is 1. The number of rotatable bonds is 6. The molecule has 2 N–H and O–H groups in total. The van der Waals surface area contributed by atoms with Crippen molar-refractivity contribution >= 4 is 29.2 Å². The largest absolute Gasteiger partial charge is 0.493 e. The standard InChI is InChI=1S/C19H20ClNO5/c1-19(2,11-5-8-15(25-3)16(9-11)26-4)18(24)21-12-6-7-13(17(22)23)14(20)10-12/h5-10H,1-4H3,(H,21,24)(H,22,23). The summed E-state index contributed by atoms with van der Waals surface area (Å²) in [4.78, 5) is 23.8. The number of carboxylic acid groups (broad SMARTS) is 1. The zero-order valence-electron chi connectivity index (χ0n) is 14.9. The van der Waals surface area contributed by atoms with Crippen LogP contribution in [-0.2, 0) is 10.2 Å². The molecule has 0 atom stereocenters. The molecule has 0 aliphatic rings. The van der Waals surface area contributed by atoms with Crippen LogP contribution < -0.4 is 14.8 Å². The van der Waals surface area contributed by atoms with Crippen LogP contribution in [0.2, 0.25) is 5.02 Å². The Labute approximate surface area is 156 Å². The van der Waals surface area contributed by atoms with E-state index < -0.39 is 11.4 Å². The molecule has 2 aromatic rings. The highest BCUT2D eigenvalue weighted by Crippen LogP contribution is 2.34. The summed E-state index contributed by atoms with van der Waals surface area (Å²) in [6.07, 6.45) is 0. The van der Waals surface area contributed by atoms with Crippen molar-refractivity contribution in [1.29, 1.82) is 0 Å². The molecule has 0 spiro atoms. The molecule has 0 aliphatic heterocycles. The average Bonchev–Trinajstić information content (AvgIpc) is 2.60. The predicted molar refractivity (Wildman–Crippen MR) is 99.6 cm³/mol. The second kappa shape index (κ2) is 7.66. The van der Waals surface area contributed by atoms with E-state index in [1.807, 2.05) is 0 Å². The number of hydrogen-bond acceptors (Lipinski definition) is 4. The molecule has 0 radical (unpaired) electrons. The second-order valence-corrected chi connectivity index (χ2v) is 6.56. The van der Waals surface area contributed by atoms with E-state index in [0.29, 0.717) is 17.2 Å². The number of aromatic carboxylic acids is 1. The number of carboxylic acids is 1. The monoisotopic (exact) mass is 377 g/mol. The number of anilines is 1. The summed E-state index contributed by atoms with van der Waals surface area (Å²) >= 11 is 5.95. The van der Waals surface area contributed by atoms with Crippen molar-refractivity contribution in [1.82, 2.24) is 0 Å². The van der Waals surface area contributed by atoms with Gasteiger partial charge in [-0.05, 0) is 49.7 Å². The molecule has 0 aromatic heterocycles. The van der Waals surface area contributed by atoms with E-state index in [9.17, 15) is 9.59 Å². The van der Waals surface area contributed by atoms with Gasteiger partial charge in [-0.3, -0.25) is 4.79 Å². The Balaban J connectivity index is 2.28. The summed E-state index contributed by atoms with van der Waals surface area (Å²) < 4.78 is 10.5. The van der Waals surface area contributed by atoms with Gasteiger partial charge in [0.15, 0.2) is 11.5 Å². The lowest BCUT2D eigenvalue weighted by Gasteiger charge is -2.25. The van der Waals surface area contributed by atoms with Gasteiger partial charge in [0.2, 0.25) is 5.91 Å². The Bertz CT molecular complexity index is 848. The number of amides is 1. The molecule has 26 heavy (non-hydrogen) atoms. The van der Waals surface area contributed by atoms with Crippen molar-refractivity contribution in [3.05, 3.63) is 52.5 Å². The Morgan fingerprint density at radius 3 is 2.23 bits per heavy atom. The van der Waals surface area contributed by atoms with E-state index in [-0.39, 0.29) is 16.5 Å². The van der Waals surface area contributed by atoms with E-state index in [2.05, 4.69) is 5.32 Å². The first kappa shape index (κ1) is 19.6. The van der Waals surface area contributed by atoms with Gasteiger partial charge in [-0.2, -0.15) is 0 Å². The highest BCUT2D eigenvalue weighted by molar-refractivity contribution is 6.33. The fourth-order valence-corrected chi connectivity index (χ4v) is 2.67. The maximum absolute atomic E-state index is 12.8. The normalized spacial score (nSPS) is 11.0. The molecule has 2 rings (SSSR count). The van der Waals surface area contributed by atoms with Crippen LogP contribution in [0.3, 0.4) is 0 Å². The number of carbonyl (C=O) groups excluding carboxylic acids is 1. The van der Waals surface area contributed by atoms with Crippen molar-refractivity contribution in [3.8, 4) is 11.5 Å².